The molecule has 0 aliphatic carbocycles. The second kappa shape index (κ2) is 10.0. The third-order valence-corrected chi connectivity index (χ3v) is 6.95. The van der Waals surface area contributed by atoms with Crippen molar-refractivity contribution in [3.05, 3.63) is 78.6 Å². The number of rotatable bonds is 8. The Morgan fingerprint density at radius 2 is 1.74 bits per heavy atom. The van der Waals surface area contributed by atoms with Crippen molar-refractivity contribution in [1.29, 1.82) is 0 Å². The lowest BCUT2D eigenvalue weighted by Crippen LogP contribution is -2.51. The molecule has 1 atom stereocenters. The largest absolute Gasteiger partial charge is 0.497 e. The van der Waals surface area contributed by atoms with Gasteiger partial charge in [-0.2, -0.15) is 0 Å². The Bertz CT molecular complexity index is 1250. The molecule has 3 aromatic carbocycles. The summed E-state index contributed by atoms with van der Waals surface area (Å²) < 4.78 is 57.3. The number of hydrogen-bond donors (Lipinski definition) is 1. The van der Waals surface area contributed by atoms with Crippen LogP contribution in [0.2, 0.25) is 0 Å². The van der Waals surface area contributed by atoms with Crippen molar-refractivity contribution in [2.24, 2.45) is 0 Å². The first-order valence-corrected chi connectivity index (χ1v) is 11.9. The van der Waals surface area contributed by atoms with E-state index in [0.717, 1.165) is 0 Å². The predicted octanol–water partition coefficient (Wildman–Crippen LogP) is 2.99. The number of methoxy groups -OCH3 is 1. The molecule has 0 bridgehead atoms. The van der Waals surface area contributed by atoms with E-state index in [9.17, 15) is 17.6 Å². The zero-order valence-electron chi connectivity index (χ0n) is 18.3. The standard InChI is InChI=1S/C24H23FN2O6S/c1-31-18-10-12-20(13-11-18)34(29,30)27-16-23(33-22-5-3-2-4-21(22)27)24(28)26-14-15-32-19-8-6-17(25)7-9-19/h2-13,23H,14-16H2,1H3,(H,26,28). The van der Waals surface area contributed by atoms with E-state index in [1.807, 2.05) is 0 Å². The molecule has 8 nitrogen and oxygen atoms in total. The lowest BCUT2D eigenvalue weighted by atomic mass is 10.2. The summed E-state index contributed by atoms with van der Waals surface area (Å²) in [4.78, 5) is 12.8. The fraction of sp³-hybridized carbons (Fsp3) is 0.208. The van der Waals surface area contributed by atoms with Crippen LogP contribution in [0.1, 0.15) is 0 Å². The molecule has 1 aliphatic rings. The Kier molecular flexibility index (Phi) is 6.87. The Hall–Kier alpha value is -3.79. The molecule has 0 radical (unpaired) electrons. The third-order valence-electron chi connectivity index (χ3n) is 5.16. The molecule has 1 N–H and O–H groups in total. The quantitative estimate of drug-likeness (QED) is 0.492. The van der Waals surface area contributed by atoms with Gasteiger partial charge in [0, 0.05) is 0 Å². The first-order chi connectivity index (χ1) is 16.4. The van der Waals surface area contributed by atoms with Crippen molar-refractivity contribution < 1.29 is 31.8 Å². The maximum Gasteiger partial charge on any atom is 0.264 e. The lowest BCUT2D eigenvalue weighted by Gasteiger charge is -2.34. The summed E-state index contributed by atoms with van der Waals surface area (Å²) in [6, 6.07) is 18.2. The second-order valence-corrected chi connectivity index (χ2v) is 9.24. The van der Waals surface area contributed by atoms with Gasteiger partial charge in [0.2, 0.25) is 0 Å². The van der Waals surface area contributed by atoms with Gasteiger partial charge in [-0.3, -0.25) is 9.10 Å². The average Bonchev–Trinajstić information content (AvgIpc) is 2.86. The van der Waals surface area contributed by atoms with E-state index in [1.165, 1.54) is 47.8 Å². The normalized spacial score (nSPS) is 15.1. The van der Waals surface area contributed by atoms with E-state index in [-0.39, 0.29) is 36.2 Å². The van der Waals surface area contributed by atoms with Crippen molar-refractivity contribution in [1.82, 2.24) is 5.32 Å². The Labute approximate surface area is 196 Å². The highest BCUT2D eigenvalue weighted by Gasteiger charge is 2.37. The van der Waals surface area contributed by atoms with Crippen LogP contribution in [0.3, 0.4) is 0 Å². The van der Waals surface area contributed by atoms with E-state index in [4.69, 9.17) is 14.2 Å². The number of halogens is 1. The Balaban J connectivity index is 1.46. The Morgan fingerprint density at radius 3 is 2.44 bits per heavy atom. The molecule has 178 valence electrons. The summed E-state index contributed by atoms with van der Waals surface area (Å²) in [7, 11) is -2.47. The molecule has 1 unspecified atom stereocenters. The number of carbonyl (C=O) groups is 1. The van der Waals surface area contributed by atoms with Gasteiger partial charge < -0.3 is 19.5 Å². The van der Waals surface area contributed by atoms with Crippen LogP contribution in [0, 0.1) is 5.82 Å². The smallest absolute Gasteiger partial charge is 0.264 e. The topological polar surface area (TPSA) is 94.2 Å². The zero-order chi connectivity index (χ0) is 24.1. The van der Waals surface area contributed by atoms with Crippen molar-refractivity contribution >= 4 is 21.6 Å². The molecule has 0 fully saturated rings. The number of ether oxygens (including phenoxy) is 3. The van der Waals surface area contributed by atoms with Crippen LogP contribution in [-0.2, 0) is 14.8 Å². The van der Waals surface area contributed by atoms with Gasteiger partial charge >= 0.3 is 0 Å². The first kappa shape index (κ1) is 23.4. The van der Waals surface area contributed by atoms with Gasteiger partial charge in [0.25, 0.3) is 15.9 Å². The lowest BCUT2D eigenvalue weighted by molar-refractivity contribution is -0.127. The van der Waals surface area contributed by atoms with Crippen LogP contribution >= 0.6 is 0 Å². The molecule has 1 heterocycles. The van der Waals surface area contributed by atoms with E-state index < -0.39 is 22.0 Å². The number of amides is 1. The molecule has 1 amide bonds. The van der Waals surface area contributed by atoms with Gasteiger partial charge in [-0.25, -0.2) is 12.8 Å². The van der Waals surface area contributed by atoms with E-state index >= 15 is 0 Å². The first-order valence-electron chi connectivity index (χ1n) is 10.5. The number of nitrogens with zero attached hydrogens (tertiary/aromatic N) is 1. The number of para-hydroxylation sites is 2. The minimum Gasteiger partial charge on any atom is -0.497 e. The number of carbonyl (C=O) groups excluding carboxylic acids is 1. The van der Waals surface area contributed by atoms with Crippen molar-refractivity contribution in [3.63, 3.8) is 0 Å². The monoisotopic (exact) mass is 486 g/mol. The Morgan fingerprint density at radius 1 is 1.06 bits per heavy atom. The maximum atomic E-state index is 13.4. The van der Waals surface area contributed by atoms with E-state index in [2.05, 4.69) is 5.32 Å². The van der Waals surface area contributed by atoms with Crippen LogP contribution in [0.5, 0.6) is 17.2 Å². The van der Waals surface area contributed by atoms with Gasteiger partial charge in [-0.05, 0) is 60.7 Å². The number of nitrogens with one attached hydrogen (secondary N) is 1. The highest BCUT2D eigenvalue weighted by atomic mass is 32.2. The van der Waals surface area contributed by atoms with Gasteiger partial charge in [-0.15, -0.1) is 0 Å². The number of anilines is 1. The van der Waals surface area contributed by atoms with Gasteiger partial charge in [0.15, 0.2) is 6.10 Å². The summed E-state index contributed by atoms with van der Waals surface area (Å²) in [5.74, 6) is 0.432. The van der Waals surface area contributed by atoms with Crippen LogP contribution in [0.4, 0.5) is 10.1 Å². The van der Waals surface area contributed by atoms with Crippen LogP contribution < -0.4 is 23.8 Å². The summed E-state index contributed by atoms with van der Waals surface area (Å²) in [5, 5.41) is 2.69. The molecule has 0 saturated carbocycles. The average molecular weight is 487 g/mol. The molecular formula is C24H23FN2O6S. The number of hydrogen-bond acceptors (Lipinski definition) is 6. The van der Waals surface area contributed by atoms with Gasteiger partial charge in [0.1, 0.15) is 29.7 Å². The minimum atomic E-state index is -3.97. The third kappa shape index (κ3) is 5.07. The summed E-state index contributed by atoms with van der Waals surface area (Å²) in [5.41, 5.74) is 0.349. The van der Waals surface area contributed by atoms with Crippen LogP contribution in [0.15, 0.2) is 77.7 Å². The minimum absolute atomic E-state index is 0.0665. The highest BCUT2D eigenvalue weighted by Crippen LogP contribution is 2.37. The molecule has 4 rings (SSSR count). The van der Waals surface area contributed by atoms with Gasteiger partial charge in [0.05, 0.1) is 30.8 Å². The second-order valence-electron chi connectivity index (χ2n) is 7.38. The molecule has 1 aliphatic heterocycles. The number of sulfonamides is 1. The summed E-state index contributed by atoms with van der Waals surface area (Å²) in [6.07, 6.45) is -1.06. The maximum absolute atomic E-state index is 13.4. The van der Waals surface area contributed by atoms with Crippen LogP contribution in [-0.4, -0.2) is 47.2 Å². The van der Waals surface area contributed by atoms with Crippen molar-refractivity contribution in [2.75, 3.05) is 31.1 Å². The van der Waals surface area contributed by atoms with Crippen molar-refractivity contribution in [2.45, 2.75) is 11.0 Å². The molecule has 10 heteroatoms. The highest BCUT2D eigenvalue weighted by molar-refractivity contribution is 7.92. The summed E-state index contributed by atoms with van der Waals surface area (Å²) >= 11 is 0. The van der Waals surface area contributed by atoms with Gasteiger partial charge in [-0.1, -0.05) is 12.1 Å². The fourth-order valence-corrected chi connectivity index (χ4v) is 4.91. The number of fused-ring (bicyclic) bond motifs is 1. The van der Waals surface area contributed by atoms with E-state index in [0.29, 0.717) is 17.2 Å². The molecule has 0 aromatic heterocycles. The fourth-order valence-electron chi connectivity index (χ4n) is 3.43. The molecule has 0 saturated heterocycles. The molecule has 0 spiro atoms. The molecule has 3 aromatic rings. The van der Waals surface area contributed by atoms with Crippen molar-refractivity contribution in [3.8, 4) is 17.2 Å². The SMILES string of the molecule is COc1ccc(S(=O)(=O)N2CC(C(=O)NCCOc3ccc(F)cc3)Oc3ccccc32)cc1. The molecular weight excluding hydrogens is 463 g/mol. The predicted molar refractivity (Wildman–Crippen MR) is 123 cm³/mol. The van der Waals surface area contributed by atoms with E-state index in [1.54, 1.807) is 36.4 Å². The summed E-state index contributed by atoms with van der Waals surface area (Å²) in [6.45, 7) is 0.105. The molecule has 34 heavy (non-hydrogen) atoms. The van der Waals surface area contributed by atoms with Crippen LogP contribution in [0.25, 0.3) is 0 Å². The number of benzene rings is 3. The zero-order valence-corrected chi connectivity index (χ0v) is 19.1.